The van der Waals surface area contributed by atoms with Crippen molar-refractivity contribution in [2.75, 3.05) is 24.7 Å². The zero-order valence-electron chi connectivity index (χ0n) is 21.2. The highest BCUT2D eigenvalue weighted by atomic mass is 79.9. The number of nitrogens with one attached hydrogen (secondary N) is 1. The van der Waals surface area contributed by atoms with Crippen molar-refractivity contribution in [3.8, 4) is 17.2 Å². The standard InChI is InChI=1S/C29H27BrN2O6/c1-4-36-25-17-20(16-23(30)26(25)38-14-13-37-24-8-6-5-7-19(24)3)15-22-27(33)31-29(35)32(28(22)34)21-11-9-18(2)10-12-21/h5-12,15-17H,4,13-14H2,1-3H3,(H,31,33,35)/b22-15+. The third kappa shape index (κ3) is 6.06. The Bertz CT molecular complexity index is 1400. The van der Waals surface area contributed by atoms with Gasteiger partial charge in [-0.2, -0.15) is 0 Å². The zero-order valence-corrected chi connectivity index (χ0v) is 22.8. The summed E-state index contributed by atoms with van der Waals surface area (Å²) >= 11 is 3.51. The first-order chi connectivity index (χ1) is 18.3. The molecule has 1 saturated heterocycles. The molecule has 1 aliphatic rings. The molecule has 0 aromatic heterocycles. The van der Waals surface area contributed by atoms with Crippen LogP contribution < -0.4 is 24.4 Å². The van der Waals surface area contributed by atoms with Gasteiger partial charge in [-0.1, -0.05) is 35.9 Å². The van der Waals surface area contributed by atoms with Crippen LogP contribution in [0.3, 0.4) is 0 Å². The fraction of sp³-hybridized carbons (Fsp3) is 0.207. The monoisotopic (exact) mass is 578 g/mol. The van der Waals surface area contributed by atoms with E-state index in [9.17, 15) is 14.4 Å². The molecule has 0 atom stereocenters. The summed E-state index contributed by atoms with van der Waals surface area (Å²) < 4.78 is 18.1. The summed E-state index contributed by atoms with van der Waals surface area (Å²) in [5.41, 5.74) is 2.71. The number of hydrogen-bond acceptors (Lipinski definition) is 6. The van der Waals surface area contributed by atoms with E-state index in [1.54, 1.807) is 36.4 Å². The average molecular weight is 579 g/mol. The number of hydrogen-bond donors (Lipinski definition) is 1. The van der Waals surface area contributed by atoms with Crippen LogP contribution in [0.15, 0.2) is 70.7 Å². The van der Waals surface area contributed by atoms with Gasteiger partial charge < -0.3 is 14.2 Å². The first-order valence-electron chi connectivity index (χ1n) is 12.0. The molecular weight excluding hydrogens is 552 g/mol. The van der Waals surface area contributed by atoms with E-state index in [0.717, 1.165) is 21.8 Å². The van der Waals surface area contributed by atoms with Crippen LogP contribution in [0, 0.1) is 13.8 Å². The topological polar surface area (TPSA) is 94.2 Å². The molecule has 0 saturated carbocycles. The number of halogens is 1. The van der Waals surface area contributed by atoms with Gasteiger partial charge in [-0.05, 0) is 84.2 Å². The Hall–Kier alpha value is -4.11. The number of nitrogens with zero attached hydrogens (tertiary/aromatic N) is 1. The first-order valence-corrected chi connectivity index (χ1v) is 12.8. The fourth-order valence-electron chi connectivity index (χ4n) is 3.84. The molecule has 3 aromatic carbocycles. The number of carbonyl (C=O) groups excluding carboxylic acids is 3. The van der Waals surface area contributed by atoms with Crippen LogP contribution in [0.2, 0.25) is 0 Å². The van der Waals surface area contributed by atoms with Gasteiger partial charge in [-0.25, -0.2) is 9.69 Å². The SMILES string of the molecule is CCOc1cc(/C=C2\C(=O)NC(=O)N(c3ccc(C)cc3)C2=O)cc(Br)c1OCCOc1ccccc1C. The lowest BCUT2D eigenvalue weighted by Crippen LogP contribution is -2.54. The van der Waals surface area contributed by atoms with Crippen molar-refractivity contribution < 1.29 is 28.6 Å². The summed E-state index contributed by atoms with van der Waals surface area (Å²) in [6.45, 7) is 6.68. The Morgan fingerprint density at radius 2 is 1.61 bits per heavy atom. The maximum Gasteiger partial charge on any atom is 0.335 e. The highest BCUT2D eigenvalue weighted by Gasteiger charge is 2.36. The average Bonchev–Trinajstić information content (AvgIpc) is 2.88. The van der Waals surface area contributed by atoms with Crippen LogP contribution in [-0.4, -0.2) is 37.7 Å². The van der Waals surface area contributed by atoms with Crippen molar-refractivity contribution in [1.82, 2.24) is 5.32 Å². The number of aryl methyl sites for hydroxylation is 2. The molecule has 0 spiro atoms. The largest absolute Gasteiger partial charge is 0.490 e. The second kappa shape index (κ2) is 12.0. The molecule has 4 rings (SSSR count). The van der Waals surface area contributed by atoms with Crippen molar-refractivity contribution in [3.63, 3.8) is 0 Å². The number of ether oxygens (including phenoxy) is 3. The molecule has 0 aliphatic carbocycles. The Morgan fingerprint density at radius 1 is 0.895 bits per heavy atom. The molecule has 1 N–H and O–H groups in total. The summed E-state index contributed by atoms with van der Waals surface area (Å²) in [6.07, 6.45) is 1.42. The molecule has 3 aromatic rings. The van der Waals surface area contributed by atoms with Gasteiger partial charge >= 0.3 is 6.03 Å². The second-order valence-electron chi connectivity index (χ2n) is 8.52. The van der Waals surface area contributed by atoms with Gasteiger partial charge in [0.1, 0.15) is 24.5 Å². The molecule has 1 fully saturated rings. The summed E-state index contributed by atoms with van der Waals surface area (Å²) in [5.74, 6) is 0.199. The highest BCUT2D eigenvalue weighted by Crippen LogP contribution is 2.38. The summed E-state index contributed by atoms with van der Waals surface area (Å²) in [4.78, 5) is 39.2. The van der Waals surface area contributed by atoms with Crippen molar-refractivity contribution in [3.05, 3.63) is 87.4 Å². The number of barbiturate groups is 1. The molecule has 8 nitrogen and oxygen atoms in total. The minimum Gasteiger partial charge on any atom is -0.490 e. The van der Waals surface area contributed by atoms with Crippen molar-refractivity contribution >= 4 is 45.5 Å². The lowest BCUT2D eigenvalue weighted by Gasteiger charge is -2.26. The van der Waals surface area contributed by atoms with Crippen LogP contribution in [0.5, 0.6) is 17.2 Å². The number of imide groups is 2. The van der Waals surface area contributed by atoms with Gasteiger partial charge in [0.25, 0.3) is 11.8 Å². The lowest BCUT2D eigenvalue weighted by atomic mass is 10.1. The van der Waals surface area contributed by atoms with E-state index < -0.39 is 17.8 Å². The number of amides is 4. The zero-order chi connectivity index (χ0) is 27.2. The molecule has 0 bridgehead atoms. The van der Waals surface area contributed by atoms with E-state index in [1.807, 2.05) is 45.0 Å². The molecule has 0 radical (unpaired) electrons. The van der Waals surface area contributed by atoms with Gasteiger partial charge in [-0.3, -0.25) is 14.9 Å². The van der Waals surface area contributed by atoms with Gasteiger partial charge in [0.05, 0.1) is 16.8 Å². The van der Waals surface area contributed by atoms with Crippen molar-refractivity contribution in [2.24, 2.45) is 0 Å². The number of benzene rings is 3. The predicted octanol–water partition coefficient (Wildman–Crippen LogP) is 5.59. The van der Waals surface area contributed by atoms with E-state index in [2.05, 4.69) is 21.2 Å². The predicted molar refractivity (Wildman–Crippen MR) is 148 cm³/mol. The maximum absolute atomic E-state index is 13.2. The second-order valence-corrected chi connectivity index (χ2v) is 9.37. The Kier molecular flexibility index (Phi) is 8.48. The molecule has 1 aliphatic heterocycles. The van der Waals surface area contributed by atoms with Crippen LogP contribution in [0.25, 0.3) is 6.08 Å². The molecule has 9 heteroatoms. The normalized spacial score (nSPS) is 14.5. The van der Waals surface area contributed by atoms with E-state index in [4.69, 9.17) is 14.2 Å². The van der Waals surface area contributed by atoms with Crippen LogP contribution in [-0.2, 0) is 9.59 Å². The Morgan fingerprint density at radius 3 is 2.32 bits per heavy atom. The van der Waals surface area contributed by atoms with Crippen LogP contribution in [0.1, 0.15) is 23.6 Å². The number of carbonyl (C=O) groups is 3. The maximum atomic E-state index is 13.2. The van der Waals surface area contributed by atoms with Gasteiger partial charge in [0, 0.05) is 0 Å². The molecule has 0 unspecified atom stereocenters. The number of para-hydroxylation sites is 1. The number of rotatable bonds is 9. The lowest BCUT2D eigenvalue weighted by molar-refractivity contribution is -0.122. The first kappa shape index (κ1) is 26.9. The van der Waals surface area contributed by atoms with Crippen molar-refractivity contribution in [1.29, 1.82) is 0 Å². The number of anilines is 1. The summed E-state index contributed by atoms with van der Waals surface area (Å²) in [5, 5.41) is 2.24. The van der Waals surface area contributed by atoms with Gasteiger partial charge in [-0.15, -0.1) is 0 Å². The summed E-state index contributed by atoms with van der Waals surface area (Å²) in [7, 11) is 0. The highest BCUT2D eigenvalue weighted by molar-refractivity contribution is 9.10. The molecule has 4 amide bonds. The third-order valence-electron chi connectivity index (χ3n) is 5.72. The third-order valence-corrected chi connectivity index (χ3v) is 6.31. The molecule has 196 valence electrons. The van der Waals surface area contributed by atoms with Crippen LogP contribution in [0.4, 0.5) is 10.5 Å². The van der Waals surface area contributed by atoms with E-state index in [-0.39, 0.29) is 12.2 Å². The number of urea groups is 1. The molecular formula is C29H27BrN2O6. The van der Waals surface area contributed by atoms with Gasteiger partial charge in [0.15, 0.2) is 11.5 Å². The summed E-state index contributed by atoms with van der Waals surface area (Å²) in [6, 6.07) is 17.2. The van der Waals surface area contributed by atoms with Crippen molar-refractivity contribution in [2.45, 2.75) is 20.8 Å². The fourth-order valence-corrected chi connectivity index (χ4v) is 4.41. The minimum atomic E-state index is -0.797. The smallest absolute Gasteiger partial charge is 0.335 e. The van der Waals surface area contributed by atoms with E-state index in [1.165, 1.54) is 6.08 Å². The Balaban J connectivity index is 1.55. The van der Waals surface area contributed by atoms with E-state index in [0.29, 0.717) is 40.4 Å². The van der Waals surface area contributed by atoms with Crippen LogP contribution >= 0.6 is 15.9 Å². The Labute approximate surface area is 229 Å². The van der Waals surface area contributed by atoms with Gasteiger partial charge in [0.2, 0.25) is 0 Å². The minimum absolute atomic E-state index is 0.181. The molecule has 38 heavy (non-hydrogen) atoms. The molecule has 1 heterocycles. The quantitative estimate of drug-likeness (QED) is 0.202. The van der Waals surface area contributed by atoms with E-state index >= 15 is 0 Å².